The predicted molar refractivity (Wildman–Crippen MR) is 72.3 cm³/mol. The van der Waals surface area contributed by atoms with Gasteiger partial charge in [-0.1, -0.05) is 0 Å². The third-order valence-electron chi connectivity index (χ3n) is 3.36. The first-order valence-corrected chi connectivity index (χ1v) is 6.26. The van der Waals surface area contributed by atoms with Gasteiger partial charge in [0.05, 0.1) is 17.2 Å². The van der Waals surface area contributed by atoms with E-state index in [9.17, 15) is 4.39 Å². The van der Waals surface area contributed by atoms with E-state index in [0.717, 1.165) is 34.7 Å². The topological polar surface area (TPSA) is 35.6 Å². The Morgan fingerprint density at radius 1 is 1.32 bits per heavy atom. The fourth-order valence-electron chi connectivity index (χ4n) is 2.47. The van der Waals surface area contributed by atoms with Crippen LogP contribution in [0.2, 0.25) is 0 Å². The number of hydrogen-bond donors (Lipinski definition) is 0. The monoisotopic (exact) mass is 258 g/mol. The van der Waals surface area contributed by atoms with Gasteiger partial charge in [0, 0.05) is 13.6 Å². The van der Waals surface area contributed by atoms with E-state index >= 15 is 0 Å². The number of imidazole rings is 1. The summed E-state index contributed by atoms with van der Waals surface area (Å²) < 4.78 is 17.2. The first kappa shape index (κ1) is 11.9. The van der Waals surface area contributed by atoms with Crippen molar-refractivity contribution >= 4 is 11.0 Å². The number of aromatic nitrogens is 4. The summed E-state index contributed by atoms with van der Waals surface area (Å²) in [5.74, 6) is 0.593. The maximum atomic E-state index is 13.4. The van der Waals surface area contributed by atoms with Gasteiger partial charge in [0.15, 0.2) is 5.82 Å². The van der Waals surface area contributed by atoms with E-state index in [1.54, 1.807) is 10.7 Å². The van der Waals surface area contributed by atoms with Crippen molar-refractivity contribution in [2.24, 2.45) is 7.05 Å². The minimum atomic E-state index is -0.240. The third kappa shape index (κ3) is 1.73. The number of aryl methyl sites for hydroxylation is 3. The number of benzene rings is 1. The van der Waals surface area contributed by atoms with Crippen LogP contribution in [0.5, 0.6) is 0 Å². The molecule has 0 fully saturated rings. The zero-order valence-corrected chi connectivity index (χ0v) is 11.2. The first-order valence-electron chi connectivity index (χ1n) is 6.26. The van der Waals surface area contributed by atoms with Crippen molar-refractivity contribution in [3.05, 3.63) is 35.8 Å². The molecule has 0 saturated carbocycles. The minimum Gasteiger partial charge on any atom is -0.323 e. The molecule has 0 N–H and O–H groups in total. The number of nitrogens with zero attached hydrogens (tertiary/aromatic N) is 4. The average Bonchev–Trinajstić information content (AvgIpc) is 2.89. The van der Waals surface area contributed by atoms with E-state index in [2.05, 4.69) is 10.1 Å². The van der Waals surface area contributed by atoms with Gasteiger partial charge >= 0.3 is 0 Å². The molecule has 0 aliphatic heterocycles. The molecule has 1 aromatic carbocycles. The second-order valence-corrected chi connectivity index (χ2v) is 4.61. The molecule has 0 unspecified atom stereocenters. The zero-order valence-electron chi connectivity index (χ0n) is 11.2. The Balaban J connectivity index is 2.36. The molecule has 0 bridgehead atoms. The Labute approximate surface area is 110 Å². The third-order valence-corrected chi connectivity index (χ3v) is 3.36. The lowest BCUT2D eigenvalue weighted by molar-refractivity contribution is 0.628. The highest BCUT2D eigenvalue weighted by Gasteiger charge is 2.17. The fourth-order valence-corrected chi connectivity index (χ4v) is 2.47. The van der Waals surface area contributed by atoms with Crippen LogP contribution in [0, 0.1) is 12.7 Å². The molecule has 98 valence electrons. The molecule has 3 rings (SSSR count). The predicted octanol–water partition coefficient (Wildman–Crippen LogP) is 2.90. The largest absolute Gasteiger partial charge is 0.323 e. The summed E-state index contributed by atoms with van der Waals surface area (Å²) >= 11 is 0. The lowest BCUT2D eigenvalue weighted by Gasteiger charge is -2.07. The molecule has 2 aromatic heterocycles. The van der Waals surface area contributed by atoms with Crippen LogP contribution in [0.1, 0.15) is 12.5 Å². The van der Waals surface area contributed by atoms with Gasteiger partial charge in [-0.3, -0.25) is 4.68 Å². The molecule has 5 heteroatoms. The molecule has 0 aliphatic carbocycles. The fraction of sp³-hybridized carbons (Fsp3) is 0.286. The van der Waals surface area contributed by atoms with E-state index < -0.39 is 0 Å². The molecule has 3 aromatic rings. The van der Waals surface area contributed by atoms with Gasteiger partial charge in [0.2, 0.25) is 0 Å². The van der Waals surface area contributed by atoms with E-state index in [1.807, 2.05) is 31.7 Å². The Hall–Kier alpha value is -2.17. The van der Waals surface area contributed by atoms with Crippen LogP contribution in [-0.2, 0) is 13.6 Å². The van der Waals surface area contributed by atoms with Crippen molar-refractivity contribution in [1.29, 1.82) is 0 Å². The highest BCUT2D eigenvalue weighted by atomic mass is 19.1. The van der Waals surface area contributed by atoms with Crippen LogP contribution in [0.25, 0.3) is 22.6 Å². The first-order chi connectivity index (χ1) is 9.11. The smallest absolute Gasteiger partial charge is 0.159 e. The molecule has 0 aliphatic rings. The molecule has 0 spiro atoms. The Morgan fingerprint density at radius 2 is 2.11 bits per heavy atom. The Morgan fingerprint density at radius 3 is 2.74 bits per heavy atom. The molecule has 0 radical (unpaired) electrons. The number of fused-ring (bicyclic) bond motifs is 1. The number of hydrogen-bond acceptors (Lipinski definition) is 2. The number of rotatable bonds is 2. The average molecular weight is 258 g/mol. The lowest BCUT2D eigenvalue weighted by atomic mass is 10.2. The quantitative estimate of drug-likeness (QED) is 0.708. The summed E-state index contributed by atoms with van der Waals surface area (Å²) in [5.41, 5.74) is 3.66. The van der Waals surface area contributed by atoms with Crippen molar-refractivity contribution in [2.45, 2.75) is 20.4 Å². The Kier molecular flexibility index (Phi) is 2.62. The molecule has 0 saturated heterocycles. The van der Waals surface area contributed by atoms with E-state index in [1.165, 1.54) is 12.1 Å². The molecular formula is C14H15FN4. The second-order valence-electron chi connectivity index (χ2n) is 4.61. The van der Waals surface area contributed by atoms with Gasteiger partial charge in [-0.05, 0) is 37.6 Å². The summed E-state index contributed by atoms with van der Waals surface area (Å²) in [6.07, 6.45) is 1.81. The standard InChI is InChI=1S/C14H15FN4/c1-4-19-12-7-10(15)5-6-11(12)17-14(19)13-9(2)8-16-18(13)3/h5-8H,4H2,1-3H3. The van der Waals surface area contributed by atoms with Gasteiger partial charge in [-0.2, -0.15) is 5.10 Å². The molecule has 0 amide bonds. The van der Waals surface area contributed by atoms with Gasteiger partial charge in [-0.15, -0.1) is 0 Å². The molecule has 4 nitrogen and oxygen atoms in total. The summed E-state index contributed by atoms with van der Waals surface area (Å²) in [4.78, 5) is 4.62. The van der Waals surface area contributed by atoms with E-state index in [0.29, 0.717) is 0 Å². The van der Waals surface area contributed by atoms with Crippen LogP contribution in [-0.4, -0.2) is 19.3 Å². The highest BCUT2D eigenvalue weighted by Crippen LogP contribution is 2.27. The van der Waals surface area contributed by atoms with Crippen LogP contribution >= 0.6 is 0 Å². The van der Waals surface area contributed by atoms with Crippen molar-refractivity contribution in [3.63, 3.8) is 0 Å². The van der Waals surface area contributed by atoms with E-state index in [-0.39, 0.29) is 5.82 Å². The highest BCUT2D eigenvalue weighted by molar-refractivity contribution is 5.80. The minimum absolute atomic E-state index is 0.240. The van der Waals surface area contributed by atoms with Gasteiger partial charge in [0.1, 0.15) is 11.5 Å². The van der Waals surface area contributed by atoms with Crippen molar-refractivity contribution < 1.29 is 4.39 Å². The summed E-state index contributed by atoms with van der Waals surface area (Å²) in [5, 5.41) is 4.24. The van der Waals surface area contributed by atoms with Gasteiger partial charge in [-0.25, -0.2) is 9.37 Å². The van der Waals surface area contributed by atoms with Crippen LogP contribution in [0.15, 0.2) is 24.4 Å². The van der Waals surface area contributed by atoms with Gasteiger partial charge < -0.3 is 4.57 Å². The number of halogens is 1. The summed E-state index contributed by atoms with van der Waals surface area (Å²) in [6, 6.07) is 4.68. The Bertz CT molecular complexity index is 735. The lowest BCUT2D eigenvalue weighted by Crippen LogP contribution is -2.03. The maximum absolute atomic E-state index is 13.4. The normalized spacial score (nSPS) is 11.4. The van der Waals surface area contributed by atoms with Crippen LogP contribution in [0.4, 0.5) is 4.39 Å². The maximum Gasteiger partial charge on any atom is 0.159 e. The van der Waals surface area contributed by atoms with Gasteiger partial charge in [0.25, 0.3) is 0 Å². The van der Waals surface area contributed by atoms with Crippen molar-refractivity contribution in [2.75, 3.05) is 0 Å². The molecule has 2 heterocycles. The summed E-state index contributed by atoms with van der Waals surface area (Å²) in [7, 11) is 1.89. The second kappa shape index (κ2) is 4.19. The summed E-state index contributed by atoms with van der Waals surface area (Å²) in [6.45, 7) is 4.77. The van der Waals surface area contributed by atoms with Crippen molar-refractivity contribution in [1.82, 2.24) is 19.3 Å². The molecule has 19 heavy (non-hydrogen) atoms. The van der Waals surface area contributed by atoms with Crippen molar-refractivity contribution in [3.8, 4) is 11.5 Å². The molecule has 0 atom stereocenters. The SMILES string of the molecule is CCn1c(-c2c(C)cnn2C)nc2ccc(F)cc21. The van der Waals surface area contributed by atoms with E-state index in [4.69, 9.17) is 0 Å². The zero-order chi connectivity index (χ0) is 13.6. The van der Waals surface area contributed by atoms with Crippen LogP contribution < -0.4 is 0 Å². The van der Waals surface area contributed by atoms with Crippen LogP contribution in [0.3, 0.4) is 0 Å². The molecular weight excluding hydrogens is 243 g/mol.